The van der Waals surface area contributed by atoms with Crippen molar-refractivity contribution in [2.45, 2.75) is 258 Å². The van der Waals surface area contributed by atoms with E-state index in [1.807, 2.05) is 0 Å². The molecule has 2 nitrogen and oxygen atoms in total. The van der Waals surface area contributed by atoms with Gasteiger partial charge in [-0.3, -0.25) is 0 Å². The molecule has 0 amide bonds. The highest BCUT2D eigenvalue weighted by Gasteiger charge is 2.44. The van der Waals surface area contributed by atoms with E-state index in [0.29, 0.717) is 0 Å². The summed E-state index contributed by atoms with van der Waals surface area (Å²) in [7, 11) is 0. The highest BCUT2D eigenvalue weighted by molar-refractivity contribution is 6.03. The highest BCUT2D eigenvalue weighted by atomic mass is 127. The minimum atomic E-state index is -0.00478. The van der Waals surface area contributed by atoms with Crippen LogP contribution >= 0.6 is 0 Å². The Morgan fingerprint density at radius 2 is 0.818 bits per heavy atom. The molecule has 0 bridgehead atoms. The van der Waals surface area contributed by atoms with E-state index in [9.17, 15) is 0 Å². The number of unbranched alkanes of at least 4 members (excludes halogenated alkanes) is 30. The first-order valence-corrected chi connectivity index (χ1v) is 28.2. The van der Waals surface area contributed by atoms with Gasteiger partial charge in [0, 0.05) is 47.5 Å². The van der Waals surface area contributed by atoms with Crippen molar-refractivity contribution in [2.24, 2.45) is 0 Å². The molecule has 0 unspecified atom stereocenters. The van der Waals surface area contributed by atoms with Crippen LogP contribution in [0.3, 0.4) is 0 Å². The third-order valence-electron chi connectivity index (χ3n) is 15.0. The minimum absolute atomic E-state index is 0. The largest absolute Gasteiger partial charge is 1.00 e. The summed E-state index contributed by atoms with van der Waals surface area (Å²) in [5.41, 5.74) is 8.55. The molecule has 2 aliphatic heterocycles. The van der Waals surface area contributed by atoms with Gasteiger partial charge in [0.15, 0.2) is 5.71 Å². The minimum Gasteiger partial charge on any atom is -1.00 e. The third-order valence-corrected chi connectivity index (χ3v) is 15.0. The van der Waals surface area contributed by atoms with Gasteiger partial charge in [0.05, 0.1) is 5.41 Å². The number of nitrogens with zero attached hydrogens (tertiary/aromatic N) is 2. The van der Waals surface area contributed by atoms with Gasteiger partial charge in [0.2, 0.25) is 5.69 Å². The number of hydrogen-bond acceptors (Lipinski definition) is 1. The predicted octanol–water partition coefficient (Wildman–Crippen LogP) is 16.9. The fourth-order valence-corrected chi connectivity index (χ4v) is 10.9. The normalized spacial score (nSPS) is 15.8. The molecule has 66 heavy (non-hydrogen) atoms. The van der Waals surface area contributed by atoms with E-state index >= 15 is 0 Å². The lowest BCUT2D eigenvalue weighted by molar-refractivity contribution is -0.438. The topological polar surface area (TPSA) is 6.25 Å². The molecular formula is C63H101IN2. The van der Waals surface area contributed by atoms with Gasteiger partial charge in [-0.15, -0.1) is 0 Å². The van der Waals surface area contributed by atoms with Gasteiger partial charge < -0.3 is 28.9 Å². The zero-order valence-corrected chi connectivity index (χ0v) is 46.1. The first-order chi connectivity index (χ1) is 31.8. The standard InChI is InChI=1S/C63H101N2.HI/c1-7-9-11-13-15-17-19-21-23-25-27-29-31-33-38-46-54-64-58-50-44-42-48-56(58)62(3,4)60(64)52-40-36-35-37-41-53-61-63(5,6)57-49-43-45-51-59(57)65(61)55-47-39-34-32-30-28-26-24-22-20-18-16-14-12-10-8-2;/h35-37,40-45,48-53H,7-34,38-39,46-47,54-55H2,1-6H3;1H/q+1;/p-1. The summed E-state index contributed by atoms with van der Waals surface area (Å²) in [4.78, 5) is 2.62. The van der Waals surface area contributed by atoms with Crippen molar-refractivity contribution < 1.29 is 28.6 Å². The molecule has 0 saturated carbocycles. The quantitative estimate of drug-likeness (QED) is 0.0281. The maximum atomic E-state index is 2.62. The Morgan fingerprint density at radius 1 is 0.424 bits per heavy atom. The Bertz CT molecular complexity index is 1720. The SMILES string of the molecule is CCCCCCCCCCCCCCCCCCN1C(=CC=CC=CC=CC2=[N+](CCCCCCCCCCCCCCCCCC)c3ccccc3C2(C)C)C(C)(C)c2ccccc21.[I-]. The van der Waals surface area contributed by atoms with Gasteiger partial charge in [0.1, 0.15) is 6.54 Å². The highest BCUT2D eigenvalue weighted by Crippen LogP contribution is 2.47. The molecular weight excluding hydrogens is 912 g/mol. The van der Waals surface area contributed by atoms with Crippen LogP contribution in [0, 0.1) is 0 Å². The van der Waals surface area contributed by atoms with Crippen molar-refractivity contribution in [1.29, 1.82) is 0 Å². The van der Waals surface area contributed by atoms with E-state index in [0.717, 1.165) is 13.1 Å². The Morgan fingerprint density at radius 3 is 1.32 bits per heavy atom. The Kier molecular flexibility index (Phi) is 30.6. The van der Waals surface area contributed by atoms with E-state index < -0.39 is 0 Å². The number of allylic oxidation sites excluding steroid dienone is 8. The third kappa shape index (κ3) is 20.3. The second-order valence-corrected chi connectivity index (χ2v) is 21.3. The average molecular weight is 1010 g/mol. The molecule has 0 N–H and O–H groups in total. The molecule has 2 heterocycles. The molecule has 0 fully saturated rings. The Hall–Kier alpha value is -2.40. The van der Waals surface area contributed by atoms with E-state index in [-0.39, 0.29) is 34.8 Å². The Labute approximate surface area is 426 Å². The molecule has 370 valence electrons. The lowest BCUT2D eigenvalue weighted by Crippen LogP contribution is -3.00. The smallest absolute Gasteiger partial charge is 0.209 e. The zero-order valence-electron chi connectivity index (χ0n) is 44.0. The van der Waals surface area contributed by atoms with Gasteiger partial charge >= 0.3 is 0 Å². The van der Waals surface area contributed by atoms with Crippen molar-refractivity contribution in [3.63, 3.8) is 0 Å². The van der Waals surface area contributed by atoms with E-state index in [2.05, 4.69) is 142 Å². The molecule has 0 aromatic heterocycles. The molecule has 0 aliphatic carbocycles. The van der Waals surface area contributed by atoms with E-state index in [1.54, 1.807) is 0 Å². The summed E-state index contributed by atoms with van der Waals surface area (Å²) in [6, 6.07) is 18.2. The number of anilines is 1. The number of para-hydroxylation sites is 2. The summed E-state index contributed by atoms with van der Waals surface area (Å²) in [5, 5.41) is 0. The summed E-state index contributed by atoms with van der Waals surface area (Å²) >= 11 is 0. The van der Waals surface area contributed by atoms with Crippen LogP contribution in [-0.4, -0.2) is 23.4 Å². The molecule has 3 heteroatoms. The van der Waals surface area contributed by atoms with Crippen LogP contribution in [-0.2, 0) is 10.8 Å². The molecule has 0 spiro atoms. The lowest BCUT2D eigenvalue weighted by atomic mass is 9.81. The van der Waals surface area contributed by atoms with Gasteiger partial charge in [-0.05, 0) is 44.4 Å². The van der Waals surface area contributed by atoms with Crippen molar-refractivity contribution in [3.05, 3.63) is 108 Å². The lowest BCUT2D eigenvalue weighted by Gasteiger charge is -2.27. The van der Waals surface area contributed by atoms with Crippen LogP contribution in [0.25, 0.3) is 0 Å². The van der Waals surface area contributed by atoms with Crippen LogP contribution in [0.4, 0.5) is 11.4 Å². The van der Waals surface area contributed by atoms with E-state index in [4.69, 9.17) is 0 Å². The van der Waals surface area contributed by atoms with Gasteiger partial charge in [-0.1, -0.05) is 281 Å². The second-order valence-electron chi connectivity index (χ2n) is 21.3. The summed E-state index contributed by atoms with van der Waals surface area (Å²) < 4.78 is 2.62. The van der Waals surface area contributed by atoms with Crippen molar-refractivity contribution in [1.82, 2.24) is 0 Å². The maximum Gasteiger partial charge on any atom is 0.209 e. The number of halogens is 1. The molecule has 2 aromatic carbocycles. The van der Waals surface area contributed by atoms with Crippen molar-refractivity contribution in [3.8, 4) is 0 Å². The zero-order chi connectivity index (χ0) is 46.3. The summed E-state index contributed by atoms with van der Waals surface area (Å²) in [6.07, 6.45) is 61.1. The second kappa shape index (κ2) is 34.8. The van der Waals surface area contributed by atoms with Crippen molar-refractivity contribution >= 4 is 17.1 Å². The number of fused-ring (bicyclic) bond motifs is 2. The molecule has 4 rings (SSSR count). The monoisotopic (exact) mass is 1010 g/mol. The predicted molar refractivity (Wildman–Crippen MR) is 291 cm³/mol. The summed E-state index contributed by atoms with van der Waals surface area (Å²) in [5.74, 6) is 0. The van der Waals surface area contributed by atoms with Gasteiger partial charge in [0.25, 0.3) is 0 Å². The molecule has 2 aromatic rings. The first kappa shape index (κ1) is 57.9. The number of benzene rings is 2. The maximum absolute atomic E-state index is 2.62. The van der Waals surface area contributed by atoms with Crippen LogP contribution in [0.15, 0.2) is 96.8 Å². The Balaban J connectivity index is 0.0000116. The first-order valence-electron chi connectivity index (χ1n) is 28.2. The van der Waals surface area contributed by atoms with Crippen LogP contribution < -0.4 is 28.9 Å². The number of hydrogen-bond donors (Lipinski definition) is 0. The van der Waals surface area contributed by atoms with Crippen molar-refractivity contribution in [2.75, 3.05) is 18.0 Å². The van der Waals surface area contributed by atoms with Crippen LogP contribution in [0.5, 0.6) is 0 Å². The van der Waals surface area contributed by atoms with Crippen LogP contribution in [0.1, 0.15) is 258 Å². The van der Waals surface area contributed by atoms with Gasteiger partial charge in [-0.25, -0.2) is 0 Å². The van der Waals surface area contributed by atoms with Gasteiger partial charge in [-0.2, -0.15) is 4.58 Å². The summed E-state index contributed by atoms with van der Waals surface area (Å²) in [6.45, 7) is 16.4. The molecule has 2 aliphatic rings. The molecule has 0 radical (unpaired) electrons. The van der Waals surface area contributed by atoms with E-state index in [1.165, 1.54) is 239 Å². The molecule has 0 atom stereocenters. The number of rotatable bonds is 38. The fraction of sp³-hybridized carbons (Fsp3) is 0.667. The molecule has 0 saturated heterocycles. The fourth-order valence-electron chi connectivity index (χ4n) is 10.9. The average Bonchev–Trinajstić information content (AvgIpc) is 3.66. The van der Waals surface area contributed by atoms with Crippen LogP contribution in [0.2, 0.25) is 0 Å².